The van der Waals surface area contributed by atoms with Crippen LogP contribution in [0.5, 0.6) is 0 Å². The third kappa shape index (κ3) is 4.40. The number of aliphatic imine (C=N–C) groups is 2. The van der Waals surface area contributed by atoms with Gasteiger partial charge in [-0.05, 0) is 11.1 Å². The van der Waals surface area contributed by atoms with Crippen molar-refractivity contribution in [3.05, 3.63) is 71.8 Å². The van der Waals surface area contributed by atoms with Crippen LogP contribution in [0.3, 0.4) is 0 Å². The average molecular weight is 286 g/mol. The van der Waals surface area contributed by atoms with Crippen molar-refractivity contribution in [2.75, 3.05) is 0 Å². The summed E-state index contributed by atoms with van der Waals surface area (Å²) in [5.41, 5.74) is 2.11. The molecule has 0 radical (unpaired) electrons. The molecular formula is C18H14N4. The highest BCUT2D eigenvalue weighted by molar-refractivity contribution is 6.53. The Labute approximate surface area is 129 Å². The van der Waals surface area contributed by atoms with Crippen molar-refractivity contribution in [1.29, 1.82) is 10.5 Å². The van der Waals surface area contributed by atoms with E-state index in [1.165, 1.54) is 0 Å². The molecule has 2 aromatic carbocycles. The lowest BCUT2D eigenvalue weighted by Crippen LogP contribution is -2.11. The van der Waals surface area contributed by atoms with Crippen molar-refractivity contribution in [2.24, 2.45) is 9.98 Å². The fraction of sp³-hybridized carbons (Fsp3) is 0.111. The summed E-state index contributed by atoms with van der Waals surface area (Å²) >= 11 is 0. The summed E-state index contributed by atoms with van der Waals surface area (Å²) in [7, 11) is 0. The zero-order chi connectivity index (χ0) is 15.6. The summed E-state index contributed by atoms with van der Waals surface area (Å²) in [5.74, 6) is 0. The topological polar surface area (TPSA) is 72.3 Å². The van der Waals surface area contributed by atoms with Gasteiger partial charge < -0.3 is 0 Å². The molecule has 106 valence electrons. The van der Waals surface area contributed by atoms with E-state index in [2.05, 4.69) is 9.98 Å². The van der Waals surface area contributed by atoms with Crippen molar-refractivity contribution >= 4 is 11.4 Å². The number of benzene rings is 2. The molecule has 0 N–H and O–H groups in total. The molecule has 0 bridgehead atoms. The highest BCUT2D eigenvalue weighted by atomic mass is 14.8. The van der Waals surface area contributed by atoms with Crippen LogP contribution in [0, 0.1) is 22.7 Å². The van der Waals surface area contributed by atoms with E-state index in [4.69, 9.17) is 0 Å². The monoisotopic (exact) mass is 286 g/mol. The van der Waals surface area contributed by atoms with E-state index in [0.29, 0.717) is 13.1 Å². The number of hydrogen-bond donors (Lipinski definition) is 0. The third-order valence-corrected chi connectivity index (χ3v) is 2.96. The van der Waals surface area contributed by atoms with Gasteiger partial charge in [0.15, 0.2) is 11.4 Å². The molecule has 2 aromatic rings. The molecule has 0 aliphatic carbocycles. The van der Waals surface area contributed by atoms with E-state index in [1.54, 1.807) is 0 Å². The maximum atomic E-state index is 9.19. The van der Waals surface area contributed by atoms with Gasteiger partial charge in [-0.3, -0.25) is 9.98 Å². The van der Waals surface area contributed by atoms with Crippen LogP contribution in [-0.4, -0.2) is 11.4 Å². The minimum absolute atomic E-state index is 0.0716. The Bertz CT molecular complexity index is 680. The molecule has 0 saturated carbocycles. The number of rotatable bonds is 5. The smallest absolute Gasteiger partial charge is 0.171 e. The summed E-state index contributed by atoms with van der Waals surface area (Å²) in [6, 6.07) is 23.1. The van der Waals surface area contributed by atoms with Crippen LogP contribution in [0.15, 0.2) is 70.6 Å². The van der Waals surface area contributed by atoms with E-state index in [-0.39, 0.29) is 11.4 Å². The van der Waals surface area contributed by atoms with Gasteiger partial charge in [-0.25, -0.2) is 0 Å². The maximum Gasteiger partial charge on any atom is 0.171 e. The van der Waals surface area contributed by atoms with E-state index >= 15 is 0 Å². The molecule has 0 spiro atoms. The van der Waals surface area contributed by atoms with Crippen LogP contribution in [-0.2, 0) is 13.1 Å². The Morgan fingerprint density at radius 1 is 0.682 bits per heavy atom. The molecule has 0 saturated heterocycles. The van der Waals surface area contributed by atoms with Gasteiger partial charge in [-0.2, -0.15) is 10.5 Å². The van der Waals surface area contributed by atoms with Gasteiger partial charge in [0, 0.05) is 0 Å². The van der Waals surface area contributed by atoms with Crippen molar-refractivity contribution in [3.8, 4) is 12.1 Å². The van der Waals surface area contributed by atoms with Crippen molar-refractivity contribution in [2.45, 2.75) is 13.1 Å². The second-order valence-corrected chi connectivity index (χ2v) is 4.52. The van der Waals surface area contributed by atoms with Crippen molar-refractivity contribution in [1.82, 2.24) is 0 Å². The fourth-order valence-corrected chi connectivity index (χ4v) is 1.83. The molecule has 0 atom stereocenters. The maximum absolute atomic E-state index is 9.19. The van der Waals surface area contributed by atoms with Crippen molar-refractivity contribution in [3.63, 3.8) is 0 Å². The van der Waals surface area contributed by atoms with E-state index in [1.807, 2.05) is 72.8 Å². The van der Waals surface area contributed by atoms with E-state index in [0.717, 1.165) is 11.1 Å². The van der Waals surface area contributed by atoms with Crippen LogP contribution >= 0.6 is 0 Å². The molecule has 0 aliphatic heterocycles. The van der Waals surface area contributed by atoms with E-state index in [9.17, 15) is 10.5 Å². The van der Waals surface area contributed by atoms with Gasteiger partial charge in [0.05, 0.1) is 13.1 Å². The normalized spacial score (nSPS) is 11.5. The first-order chi connectivity index (χ1) is 10.8. The van der Waals surface area contributed by atoms with E-state index < -0.39 is 0 Å². The highest BCUT2D eigenvalue weighted by Crippen LogP contribution is 2.03. The first-order valence-corrected chi connectivity index (χ1v) is 6.81. The Balaban J connectivity index is 2.13. The Morgan fingerprint density at radius 3 is 1.36 bits per heavy atom. The van der Waals surface area contributed by atoms with Gasteiger partial charge in [0.1, 0.15) is 12.1 Å². The van der Waals surface area contributed by atoms with Crippen LogP contribution in [0.4, 0.5) is 0 Å². The molecule has 0 aromatic heterocycles. The number of nitrogens with zero attached hydrogens (tertiary/aromatic N) is 4. The Hall–Kier alpha value is -3.24. The minimum atomic E-state index is 0.0716. The first kappa shape index (κ1) is 15.2. The van der Waals surface area contributed by atoms with Crippen LogP contribution in [0.1, 0.15) is 11.1 Å². The molecule has 22 heavy (non-hydrogen) atoms. The third-order valence-electron chi connectivity index (χ3n) is 2.96. The van der Waals surface area contributed by atoms with Gasteiger partial charge in [-0.15, -0.1) is 0 Å². The number of nitriles is 2. The van der Waals surface area contributed by atoms with Crippen LogP contribution in [0.2, 0.25) is 0 Å². The summed E-state index contributed by atoms with van der Waals surface area (Å²) in [6.45, 7) is 0.714. The summed E-state index contributed by atoms with van der Waals surface area (Å²) < 4.78 is 0. The van der Waals surface area contributed by atoms with Crippen molar-refractivity contribution < 1.29 is 0 Å². The van der Waals surface area contributed by atoms with Gasteiger partial charge in [0.2, 0.25) is 0 Å². The molecule has 2 rings (SSSR count). The molecule has 4 nitrogen and oxygen atoms in total. The van der Waals surface area contributed by atoms with Crippen LogP contribution < -0.4 is 0 Å². The molecule has 0 amide bonds. The molecule has 0 heterocycles. The molecular weight excluding hydrogens is 272 g/mol. The summed E-state index contributed by atoms with van der Waals surface area (Å²) in [4.78, 5) is 8.40. The average Bonchev–Trinajstić information content (AvgIpc) is 2.59. The first-order valence-electron chi connectivity index (χ1n) is 6.81. The highest BCUT2D eigenvalue weighted by Gasteiger charge is 2.07. The SMILES string of the molecule is N#CC(=NCc1ccccc1)C(C#N)=NCc1ccccc1. The Kier molecular flexibility index (Phi) is 5.61. The Morgan fingerprint density at radius 2 is 1.05 bits per heavy atom. The molecule has 0 aliphatic rings. The van der Waals surface area contributed by atoms with Crippen LogP contribution in [0.25, 0.3) is 0 Å². The quantitative estimate of drug-likeness (QED) is 0.791. The standard InChI is InChI=1S/C18H14N4/c19-11-17(21-13-15-7-3-1-4-8-15)18(12-20)22-14-16-9-5-2-6-10-16/h1-10H,13-14H2. The van der Waals surface area contributed by atoms with Gasteiger partial charge in [-0.1, -0.05) is 60.7 Å². The lowest BCUT2D eigenvalue weighted by molar-refractivity contribution is 1.06. The molecule has 0 unspecified atom stereocenters. The minimum Gasteiger partial charge on any atom is -0.267 e. The molecule has 4 heteroatoms. The predicted octanol–water partition coefficient (Wildman–Crippen LogP) is 3.32. The number of hydrogen-bond acceptors (Lipinski definition) is 4. The lowest BCUT2D eigenvalue weighted by atomic mass is 10.2. The lowest BCUT2D eigenvalue weighted by Gasteiger charge is -1.99. The summed E-state index contributed by atoms with van der Waals surface area (Å²) in [6.07, 6.45) is 0. The second kappa shape index (κ2) is 8.14. The fourth-order valence-electron chi connectivity index (χ4n) is 1.83. The largest absolute Gasteiger partial charge is 0.267 e. The van der Waals surface area contributed by atoms with Gasteiger partial charge in [0.25, 0.3) is 0 Å². The zero-order valence-corrected chi connectivity index (χ0v) is 12.0. The molecule has 0 fully saturated rings. The van der Waals surface area contributed by atoms with Gasteiger partial charge >= 0.3 is 0 Å². The predicted molar refractivity (Wildman–Crippen MR) is 86.4 cm³/mol. The zero-order valence-electron chi connectivity index (χ0n) is 12.0. The second-order valence-electron chi connectivity index (χ2n) is 4.52. The summed E-state index contributed by atoms with van der Waals surface area (Å²) in [5, 5.41) is 18.4.